The molecular weight excluding hydrogens is 3050 g/mol. The van der Waals surface area contributed by atoms with Gasteiger partial charge in [-0.25, -0.2) is 118 Å². The lowest BCUT2D eigenvalue weighted by Crippen LogP contribution is -2.17. The van der Waals surface area contributed by atoms with Gasteiger partial charge in [-0.1, -0.05) is 625 Å². The van der Waals surface area contributed by atoms with Gasteiger partial charge in [0.25, 0.3) is 0 Å². The van der Waals surface area contributed by atoms with E-state index in [2.05, 4.69) is 141 Å². The van der Waals surface area contributed by atoms with Crippen molar-refractivity contribution in [1.82, 2.24) is 105 Å². The van der Waals surface area contributed by atoms with Crippen LogP contribution in [-0.4, -0.2) is 105 Å². The zero-order valence-corrected chi connectivity index (χ0v) is 108. The lowest BCUT2D eigenvalue weighted by molar-refractivity contribution is 0.586. The molecule has 0 aliphatic carbocycles. The van der Waals surface area contributed by atoms with Crippen molar-refractivity contribution >= 4 is 560 Å². The first-order valence-electron chi connectivity index (χ1n) is 37.5. The van der Waals surface area contributed by atoms with E-state index in [1.165, 1.54) is 6.07 Å². The van der Waals surface area contributed by atoms with Crippen molar-refractivity contribution in [3.05, 3.63) is 292 Å². The third-order valence-corrected chi connectivity index (χ3v) is 25.6. The van der Waals surface area contributed by atoms with E-state index >= 15 is 0 Å². The van der Waals surface area contributed by atoms with E-state index in [0.29, 0.717) is 53.0 Å². The van der Waals surface area contributed by atoms with Crippen molar-refractivity contribution < 1.29 is 8.78 Å². The molecule has 798 valence electrons. The van der Waals surface area contributed by atoms with Crippen LogP contribution >= 0.6 is 554 Å². The predicted octanol–water partition coefficient (Wildman–Crippen LogP) is 41.0. The SMILES string of the molecule is Cc1ccc(-c2nc(C(Cl)(Cl)Cl)nc(C(Cl)(Cl)Cl)n2)cc1.ClC(Cl)(Cl)c1nc(-c2c(Br)cccc2Br)nc(C(Cl)(Cl)Cl)n1.ClC(Cl)(Cl)c1nc(-c2ccccc2)nc(C(Cl)(Cl)Cl)n1.Clc1ccc(-c2nc(C(Cl)(Cl)Cl)nc(C(Cl)(Cl)Cl)n2)cc1.Clc1cccc(Cl)c1-c1nc(C(Cl)(Cl)Cl)nc(C(Cl)(Cl)Cl)n1.Fc1cccc(F)c1-c1nc(C(Cl)(Cl)Cl)nc(C(Cl)(Cl)Cl)n1.[C-]#[N+]c1ccc(-c2nc(C(Cl)(Cl)Cl)nc(C(Cl)(Cl)Cl)n2)cc1. The molecule has 0 amide bonds. The van der Waals surface area contributed by atoms with Gasteiger partial charge in [0, 0.05) is 41.8 Å². The van der Waals surface area contributed by atoms with Gasteiger partial charge in [-0.15, -0.1) is 0 Å². The first-order valence-corrected chi connectivity index (χ1v) is 56.1. The molecule has 0 atom stereocenters. The van der Waals surface area contributed by atoms with E-state index in [1.807, 2.05) is 55.5 Å². The molecule has 7 aromatic carbocycles. The first kappa shape index (κ1) is 136. The Morgan fingerprint density at radius 1 is 0.207 bits per heavy atom. The molecule has 14 aromatic rings. The van der Waals surface area contributed by atoms with E-state index in [0.717, 1.165) is 17.7 Å². The Morgan fingerprint density at radius 3 is 0.620 bits per heavy atom. The van der Waals surface area contributed by atoms with E-state index in [1.54, 1.807) is 91.0 Å². The molecule has 0 N–H and O–H groups in total. The highest BCUT2D eigenvalue weighted by Crippen LogP contribution is 2.51. The van der Waals surface area contributed by atoms with E-state index in [9.17, 15) is 8.78 Å². The summed E-state index contributed by atoms with van der Waals surface area (Å²) in [6.07, 6.45) is 0. The van der Waals surface area contributed by atoms with Crippen LogP contribution in [0.1, 0.15) is 87.1 Å². The average molecular weight is 3080 g/mol. The fourth-order valence-corrected chi connectivity index (χ4v) is 15.6. The van der Waals surface area contributed by atoms with Crippen LogP contribution in [0.3, 0.4) is 0 Å². The Bertz CT molecular complexity index is 6440. The molecule has 0 saturated heterocycles. The Balaban J connectivity index is 0.000000213. The molecule has 71 heteroatoms. The van der Waals surface area contributed by atoms with Crippen LogP contribution in [0.2, 0.25) is 15.1 Å². The second-order valence-electron chi connectivity index (χ2n) is 27.3. The number of aromatic nitrogens is 21. The summed E-state index contributed by atoms with van der Waals surface area (Å²) in [4.78, 5) is 86.9. The first-order chi connectivity index (χ1) is 68.4. The highest BCUT2D eigenvalue weighted by atomic mass is 79.9. The van der Waals surface area contributed by atoms with Crippen LogP contribution in [0.25, 0.3) is 84.6 Å². The summed E-state index contributed by atoms with van der Waals surface area (Å²) in [6.45, 7) is 8.88. The summed E-state index contributed by atoms with van der Waals surface area (Å²) in [5.74, 6) is -3.94. The van der Waals surface area contributed by atoms with Crippen LogP contribution in [0.5, 0.6) is 0 Å². The number of hydrogen-bond acceptors (Lipinski definition) is 21. The molecule has 7 heterocycles. The van der Waals surface area contributed by atoms with E-state index in [-0.39, 0.29) is 115 Å². The molecule has 0 radical (unpaired) electrons. The number of aryl methyl sites for hydroxylation is 1. The van der Waals surface area contributed by atoms with Gasteiger partial charge in [-0.3, -0.25) is 0 Å². The van der Waals surface area contributed by atoms with Gasteiger partial charge >= 0.3 is 0 Å². The van der Waals surface area contributed by atoms with Gasteiger partial charge in [0.1, 0.15) is 11.6 Å². The van der Waals surface area contributed by atoms with Crippen molar-refractivity contribution in [2.45, 2.75) is 60.0 Å². The van der Waals surface area contributed by atoms with Gasteiger partial charge in [-0.05, 0) is 99.4 Å². The fourth-order valence-electron chi connectivity index (χ4n) is 9.97. The number of hydrogen-bond donors (Lipinski definition) is 0. The number of nitrogens with zero attached hydrogens (tertiary/aromatic N) is 22. The third-order valence-electron chi connectivity index (χ3n) is 16.3. The molecule has 0 aliphatic heterocycles. The van der Waals surface area contributed by atoms with Crippen molar-refractivity contribution in [2.24, 2.45) is 0 Å². The minimum Gasteiger partial charge on any atom is -0.238 e. The average Bonchev–Trinajstić information content (AvgIpc) is 0.783. The third kappa shape index (κ3) is 41.9. The minimum atomic E-state index is -2.11. The molecule has 0 fully saturated rings. The van der Waals surface area contributed by atoms with E-state index < -0.39 is 87.8 Å². The second-order valence-corrected chi connectivity index (χ2v) is 62.2. The molecule has 22 nitrogen and oxygen atoms in total. The molecule has 14 rings (SSSR count). The molecule has 0 unspecified atom stereocenters. The summed E-state index contributed by atoms with van der Waals surface area (Å²) < 4.78 is 2.25. The Labute approximate surface area is 1090 Å². The second kappa shape index (κ2) is 55.9. The van der Waals surface area contributed by atoms with Gasteiger partial charge in [0.15, 0.2) is 128 Å². The van der Waals surface area contributed by atoms with Gasteiger partial charge in [0.2, 0.25) is 53.1 Å². The largest absolute Gasteiger partial charge is 0.250 e. The molecule has 0 spiro atoms. The Morgan fingerprint density at radius 2 is 0.393 bits per heavy atom. The Hall–Kier alpha value is 0.970. The number of alkyl halides is 42. The number of benzene rings is 7. The van der Waals surface area contributed by atoms with Gasteiger partial charge in [0.05, 0.1) is 27.7 Å². The summed E-state index contributed by atoms with van der Waals surface area (Å²) >= 11 is 268. The van der Waals surface area contributed by atoms with Crippen LogP contribution in [-0.2, 0) is 53.1 Å². The molecule has 150 heavy (non-hydrogen) atoms. The molecule has 0 bridgehead atoms. The van der Waals surface area contributed by atoms with Crippen LogP contribution in [0, 0.1) is 25.1 Å². The summed E-state index contributed by atoms with van der Waals surface area (Å²) in [5.41, 5.74) is 4.42. The molecule has 0 saturated carbocycles. The van der Waals surface area contributed by atoms with Gasteiger partial charge < -0.3 is 0 Å². The van der Waals surface area contributed by atoms with Crippen molar-refractivity contribution in [3.8, 4) is 79.7 Å². The Kier molecular flexibility index (Phi) is 50.7. The standard InChI is InChI=1S/C12H4Cl6N4.C12H7Cl6N3.C11H3Br2Cl6N3.C11H3Cl8N3.C11H4Cl7N3.C11H3Cl6F2N3.C11H5Cl6N3/c1-19-7-4-2-6(3-5-7)8-20-9(11(13,14)15)22-10(21-8)12(16,17)18;1-6-2-4-7(5-3-6)8-19-9(11(13,14)15)21-10(20-8)12(16,17)18;2*12-4-2-1-3-5(13)6(4)7-20-8(10(14,15)16)22-9(21-7)11(17,18)19;12-6-3-1-5(2-4-6)7-19-8(10(13,14)15)21-9(20-7)11(16,17)18;12-10(13,14)8-20-7(21-9(22-8)11(15,16)17)6-4(18)2-1-3-5(6)19;12-10(13,14)8-18-7(6-4-2-1-3-5-6)19-9(20-8)11(15,16)17/h2-5H;2-5H,1H3;2*1-3H;1-4H;1-3H;1-5H. The zero-order valence-electron chi connectivity index (χ0n) is 70.4. The summed E-state index contributed by atoms with van der Waals surface area (Å²) in [7, 11) is 0. The smallest absolute Gasteiger partial charge is 0.238 e. The fraction of sp³-hybridized carbons (Fsp3) is 0.190. The summed E-state index contributed by atoms with van der Waals surface area (Å²) in [6, 6.07) is 43.0. The zero-order chi connectivity index (χ0) is 113. The van der Waals surface area contributed by atoms with Gasteiger partial charge in [-0.2, -0.15) is 0 Å². The van der Waals surface area contributed by atoms with Crippen molar-refractivity contribution in [2.75, 3.05) is 0 Å². The normalized spacial score (nSPS) is 12.5. The topological polar surface area (TPSA) is 275 Å². The van der Waals surface area contributed by atoms with Crippen LogP contribution in [0.4, 0.5) is 14.5 Å². The molecule has 7 aromatic heterocycles. The summed E-state index contributed by atoms with van der Waals surface area (Å²) in [5, 5.41) is 1.12. The van der Waals surface area contributed by atoms with Crippen LogP contribution < -0.4 is 0 Å². The predicted molar refractivity (Wildman–Crippen MR) is 628 cm³/mol. The monoisotopic (exact) mass is 3050 g/mol. The highest BCUT2D eigenvalue weighted by Gasteiger charge is 2.43. The lowest BCUT2D eigenvalue weighted by atomic mass is 10.1. The number of halogens is 49. The maximum absolute atomic E-state index is 13.9. The van der Waals surface area contributed by atoms with Crippen molar-refractivity contribution in [3.63, 3.8) is 0 Å². The lowest BCUT2D eigenvalue weighted by Gasteiger charge is -2.16. The van der Waals surface area contributed by atoms with E-state index in [4.69, 9.17) is 529 Å². The molecule has 0 aliphatic rings. The highest BCUT2D eigenvalue weighted by molar-refractivity contribution is 9.11. The van der Waals surface area contributed by atoms with Crippen molar-refractivity contribution in [1.29, 1.82) is 0 Å². The maximum Gasteiger partial charge on any atom is 0.250 e. The minimum absolute atomic E-state index is 0.0215. The number of rotatable bonds is 7. The molecular formula is C79H29Br2Cl45F2N22. The van der Waals surface area contributed by atoms with Crippen LogP contribution in [0.15, 0.2) is 167 Å². The maximum atomic E-state index is 13.9. The quantitative estimate of drug-likeness (QED) is 0.106.